The van der Waals surface area contributed by atoms with Crippen LogP contribution in [-0.4, -0.2) is 22.6 Å². The summed E-state index contributed by atoms with van der Waals surface area (Å²) >= 11 is 8.06. The molecule has 0 radical (unpaired) electrons. The number of anilines is 1. The SMILES string of the molecule is CCc1ccc(-c2csc3nc(Cl)nc(N4CC5(C)CC4CC(C)(C)C5)c23)cc1. The fraction of sp³-hybridized carbons (Fsp3) is 0.500. The van der Waals surface area contributed by atoms with E-state index in [0.717, 1.165) is 29.0 Å². The number of hydrogen-bond donors (Lipinski definition) is 0. The zero-order valence-electron chi connectivity index (χ0n) is 17.6. The number of fused-ring (bicyclic) bond motifs is 3. The molecule has 5 heteroatoms. The Kier molecular flexibility index (Phi) is 4.45. The molecule has 3 nitrogen and oxygen atoms in total. The van der Waals surface area contributed by atoms with E-state index in [1.54, 1.807) is 11.3 Å². The Labute approximate surface area is 182 Å². The summed E-state index contributed by atoms with van der Waals surface area (Å²) in [4.78, 5) is 12.9. The third-order valence-electron chi connectivity index (χ3n) is 6.75. The van der Waals surface area contributed by atoms with Gasteiger partial charge in [-0.25, -0.2) is 4.98 Å². The lowest BCUT2D eigenvalue weighted by Crippen LogP contribution is -2.35. The van der Waals surface area contributed by atoms with Gasteiger partial charge in [0.05, 0.1) is 5.39 Å². The number of benzene rings is 1. The maximum absolute atomic E-state index is 6.39. The van der Waals surface area contributed by atoms with Crippen LogP contribution < -0.4 is 4.90 Å². The van der Waals surface area contributed by atoms with E-state index in [1.807, 2.05) is 0 Å². The van der Waals surface area contributed by atoms with Gasteiger partial charge in [-0.05, 0) is 59.2 Å². The molecule has 2 fully saturated rings. The zero-order valence-corrected chi connectivity index (χ0v) is 19.2. The summed E-state index contributed by atoms with van der Waals surface area (Å²) in [5.74, 6) is 1.03. The van der Waals surface area contributed by atoms with Gasteiger partial charge >= 0.3 is 0 Å². The molecule has 1 saturated heterocycles. The maximum atomic E-state index is 6.39. The molecule has 2 atom stereocenters. The summed E-state index contributed by atoms with van der Waals surface area (Å²) in [6.45, 7) is 10.5. The summed E-state index contributed by atoms with van der Waals surface area (Å²) in [5, 5.41) is 3.74. The molecular formula is C24H28ClN3S. The first kappa shape index (κ1) is 19.3. The predicted octanol–water partition coefficient (Wildman–Crippen LogP) is 6.98. The monoisotopic (exact) mass is 425 g/mol. The van der Waals surface area contributed by atoms with Crippen molar-refractivity contribution in [1.29, 1.82) is 0 Å². The quantitative estimate of drug-likeness (QED) is 0.424. The largest absolute Gasteiger partial charge is 0.352 e. The summed E-state index contributed by atoms with van der Waals surface area (Å²) < 4.78 is 0. The Balaban J connectivity index is 1.65. The summed E-state index contributed by atoms with van der Waals surface area (Å²) in [7, 11) is 0. The van der Waals surface area contributed by atoms with Gasteiger partial charge in [-0.3, -0.25) is 0 Å². The van der Waals surface area contributed by atoms with Crippen molar-refractivity contribution >= 4 is 39.0 Å². The highest BCUT2D eigenvalue weighted by molar-refractivity contribution is 7.17. The van der Waals surface area contributed by atoms with Gasteiger partial charge < -0.3 is 4.90 Å². The Morgan fingerprint density at radius 1 is 1.14 bits per heavy atom. The van der Waals surface area contributed by atoms with Crippen LogP contribution in [0.2, 0.25) is 5.28 Å². The minimum atomic E-state index is 0.342. The van der Waals surface area contributed by atoms with E-state index in [1.165, 1.54) is 36.0 Å². The third kappa shape index (κ3) is 3.34. The number of hydrogen-bond acceptors (Lipinski definition) is 4. The molecule has 29 heavy (non-hydrogen) atoms. The van der Waals surface area contributed by atoms with Crippen molar-refractivity contribution < 1.29 is 0 Å². The van der Waals surface area contributed by atoms with Gasteiger partial charge in [-0.2, -0.15) is 4.98 Å². The van der Waals surface area contributed by atoms with Crippen LogP contribution in [0, 0.1) is 10.8 Å². The highest BCUT2D eigenvalue weighted by Gasteiger charge is 2.50. The van der Waals surface area contributed by atoms with E-state index in [9.17, 15) is 0 Å². The molecule has 1 saturated carbocycles. The molecule has 0 amide bonds. The van der Waals surface area contributed by atoms with E-state index in [4.69, 9.17) is 16.6 Å². The van der Waals surface area contributed by atoms with Crippen molar-refractivity contribution in [2.45, 2.75) is 59.4 Å². The Morgan fingerprint density at radius 2 is 1.90 bits per heavy atom. The first-order chi connectivity index (χ1) is 13.8. The third-order valence-corrected chi connectivity index (χ3v) is 7.79. The predicted molar refractivity (Wildman–Crippen MR) is 124 cm³/mol. The summed E-state index contributed by atoms with van der Waals surface area (Å²) in [6.07, 6.45) is 4.77. The topological polar surface area (TPSA) is 29.0 Å². The van der Waals surface area contributed by atoms with Crippen molar-refractivity contribution in [3.8, 4) is 11.1 Å². The van der Waals surface area contributed by atoms with Crippen molar-refractivity contribution in [2.75, 3.05) is 11.4 Å². The van der Waals surface area contributed by atoms with Crippen LogP contribution in [0.15, 0.2) is 29.6 Å². The fourth-order valence-electron chi connectivity index (χ4n) is 5.95. The second-order valence-electron chi connectivity index (χ2n) is 10.0. The van der Waals surface area contributed by atoms with Crippen LogP contribution in [-0.2, 0) is 6.42 Å². The van der Waals surface area contributed by atoms with Crippen molar-refractivity contribution in [1.82, 2.24) is 9.97 Å². The van der Waals surface area contributed by atoms with Gasteiger partial charge in [0.15, 0.2) is 0 Å². The van der Waals surface area contributed by atoms with Crippen LogP contribution >= 0.6 is 22.9 Å². The van der Waals surface area contributed by atoms with Crippen LogP contribution in [0.5, 0.6) is 0 Å². The summed E-state index contributed by atoms with van der Waals surface area (Å²) in [5.41, 5.74) is 4.53. The molecule has 0 N–H and O–H groups in total. The van der Waals surface area contributed by atoms with Crippen LogP contribution in [0.25, 0.3) is 21.3 Å². The smallest absolute Gasteiger partial charge is 0.225 e. The Morgan fingerprint density at radius 3 is 2.62 bits per heavy atom. The molecule has 3 heterocycles. The number of halogens is 1. The lowest BCUT2D eigenvalue weighted by molar-refractivity contribution is 0.136. The van der Waals surface area contributed by atoms with E-state index < -0.39 is 0 Å². The Hall–Kier alpha value is -1.65. The lowest BCUT2D eigenvalue weighted by Gasteiger charge is -2.39. The molecule has 1 aromatic carbocycles. The molecule has 5 rings (SSSR count). The van der Waals surface area contributed by atoms with Gasteiger partial charge in [-0.15, -0.1) is 11.3 Å². The van der Waals surface area contributed by atoms with Gasteiger partial charge in [0.1, 0.15) is 10.6 Å². The number of rotatable bonds is 3. The molecule has 2 unspecified atom stereocenters. The number of nitrogens with zero attached hydrogens (tertiary/aromatic N) is 3. The van der Waals surface area contributed by atoms with Crippen molar-refractivity contribution in [2.24, 2.45) is 10.8 Å². The van der Waals surface area contributed by atoms with E-state index in [2.05, 4.69) is 67.2 Å². The van der Waals surface area contributed by atoms with Crippen LogP contribution in [0.4, 0.5) is 5.82 Å². The van der Waals surface area contributed by atoms with Gasteiger partial charge in [0, 0.05) is 23.5 Å². The second kappa shape index (κ2) is 6.68. The first-order valence-corrected chi connectivity index (χ1v) is 11.8. The molecule has 152 valence electrons. The lowest BCUT2D eigenvalue weighted by atomic mass is 9.65. The van der Waals surface area contributed by atoms with Crippen LogP contribution in [0.1, 0.15) is 52.5 Å². The molecule has 1 aliphatic heterocycles. The first-order valence-electron chi connectivity index (χ1n) is 10.6. The molecule has 2 bridgehead atoms. The highest BCUT2D eigenvalue weighted by Crippen LogP contribution is 2.54. The maximum Gasteiger partial charge on any atom is 0.225 e. The molecule has 2 aliphatic rings. The molecule has 3 aromatic rings. The van der Waals surface area contributed by atoms with E-state index in [-0.39, 0.29) is 0 Å². The van der Waals surface area contributed by atoms with E-state index in [0.29, 0.717) is 22.2 Å². The minimum absolute atomic E-state index is 0.342. The molecule has 0 spiro atoms. The summed E-state index contributed by atoms with van der Waals surface area (Å²) in [6, 6.07) is 9.42. The molecule has 1 aliphatic carbocycles. The normalized spacial score (nSPS) is 25.7. The van der Waals surface area contributed by atoms with Crippen molar-refractivity contribution in [3.05, 3.63) is 40.5 Å². The standard InChI is InChI=1S/C24H28ClN3S/c1-5-15-6-8-16(9-7-15)18-12-29-21-19(18)20(26-22(25)27-21)28-14-24(4)11-17(28)10-23(2,3)13-24/h6-9,12,17H,5,10-11,13-14H2,1-4H3. The average Bonchev–Trinajstić information content (AvgIpc) is 3.18. The molecular weight excluding hydrogens is 398 g/mol. The number of aryl methyl sites for hydroxylation is 1. The Bertz CT molecular complexity index is 1070. The number of thiophene rings is 1. The van der Waals surface area contributed by atoms with E-state index >= 15 is 0 Å². The second-order valence-corrected chi connectivity index (χ2v) is 11.2. The van der Waals surface area contributed by atoms with Crippen LogP contribution in [0.3, 0.4) is 0 Å². The average molecular weight is 426 g/mol. The zero-order chi connectivity index (χ0) is 20.4. The van der Waals surface area contributed by atoms with Gasteiger partial charge in [0.2, 0.25) is 5.28 Å². The number of aromatic nitrogens is 2. The minimum Gasteiger partial charge on any atom is -0.352 e. The van der Waals surface area contributed by atoms with Gasteiger partial charge in [-0.1, -0.05) is 52.0 Å². The molecule has 2 aromatic heterocycles. The fourth-order valence-corrected chi connectivity index (χ4v) is 7.10. The highest BCUT2D eigenvalue weighted by atomic mass is 35.5. The van der Waals surface area contributed by atoms with Gasteiger partial charge in [0.25, 0.3) is 0 Å². The van der Waals surface area contributed by atoms with Crippen molar-refractivity contribution in [3.63, 3.8) is 0 Å².